The predicted octanol–water partition coefficient (Wildman–Crippen LogP) is 12.2. The number of benzene rings is 2. The van der Waals surface area contributed by atoms with Crippen molar-refractivity contribution in [1.82, 2.24) is 13.0 Å². The Morgan fingerprint density at radius 3 is 1.33 bits per heavy atom. The van der Waals surface area contributed by atoms with Gasteiger partial charge in [-0.05, 0) is 24.3 Å². The highest BCUT2D eigenvalue weighted by Gasteiger charge is 2.76. The minimum atomic E-state index is -7.17. The molecule has 42 heteroatoms. The van der Waals surface area contributed by atoms with E-state index >= 15 is 0 Å². The van der Waals surface area contributed by atoms with E-state index in [0.717, 1.165) is 18.2 Å². The molecule has 0 amide bonds. The maximum Gasteiger partial charge on any atom is 0.460 e. The Morgan fingerprint density at radius 1 is 0.486 bits per heavy atom. The van der Waals surface area contributed by atoms with Crippen LogP contribution in [0.2, 0.25) is 0 Å². The van der Waals surface area contributed by atoms with Crippen molar-refractivity contribution in [2.24, 2.45) is 0 Å². The first-order valence-electron chi connectivity index (χ1n) is 16.7. The van der Waals surface area contributed by atoms with E-state index in [1.54, 1.807) is 0 Å². The highest BCUT2D eigenvalue weighted by Crippen LogP contribution is 2.53. The quantitative estimate of drug-likeness (QED) is 0.0839. The van der Waals surface area contributed by atoms with Gasteiger partial charge < -0.3 is 30.3 Å². The second-order valence-electron chi connectivity index (χ2n) is 12.9. The van der Waals surface area contributed by atoms with Crippen molar-refractivity contribution in [3.63, 3.8) is 0 Å². The first-order chi connectivity index (χ1) is 31.1. The Bertz CT molecular complexity index is 2330. The van der Waals surface area contributed by atoms with Crippen molar-refractivity contribution in [3.8, 4) is 23.0 Å². The van der Waals surface area contributed by atoms with Gasteiger partial charge in [0, 0.05) is 0 Å². The molecule has 1 aromatic heterocycles. The number of halogens is 28. The number of nitrogen functional groups attached to an aromatic ring is 2. The first kappa shape index (κ1) is 59.8. The molecule has 2 aromatic carbocycles. The zero-order chi connectivity index (χ0) is 54.5. The van der Waals surface area contributed by atoms with E-state index in [4.69, 9.17) is 20.8 Å². The molecule has 402 valence electrons. The standard InChI is InChI=1S/C28H18F28N5O6P3/c29-17(30,21(37,38)25(45,46)47)7-62-14-6-5-13(15(58)16(14)63-8-18(31,32)22(39,40)26(48,49)50)67-69-59-68-60(64-9-19(33,34)23(41,42)27(51,52)53)70(61(69)66-12-4-2-1-3-11(12)57)65-10-20(35,36)24(43,44)28(54,55)56/h1-6H,7-10,57-58H2. The number of rotatable bonds is 20. The first-order valence-corrected chi connectivity index (χ1v) is 19.8. The van der Waals surface area contributed by atoms with E-state index in [1.165, 1.54) is 0 Å². The average Bonchev–Trinajstić information content (AvgIpc) is 3.18. The average molecular weight is 1150 g/mol. The van der Waals surface area contributed by atoms with Crippen molar-refractivity contribution in [1.29, 1.82) is 0 Å². The molecule has 0 aliphatic heterocycles. The smallest absolute Gasteiger partial charge is 0.460 e. The molecule has 2 unspecified atom stereocenters. The zero-order valence-electron chi connectivity index (χ0n) is 32.2. The Balaban J connectivity index is 2.39. The van der Waals surface area contributed by atoms with Gasteiger partial charge >= 0.3 is 80.2 Å². The molecule has 11 nitrogen and oxygen atoms in total. The maximum atomic E-state index is 14.5. The summed E-state index contributed by atoms with van der Waals surface area (Å²) < 4.78 is 398. The Hall–Kier alpha value is -4.50. The molecule has 4 N–H and O–H groups in total. The van der Waals surface area contributed by atoms with Gasteiger partial charge in [-0.25, -0.2) is 0 Å². The summed E-state index contributed by atoms with van der Waals surface area (Å²) in [4.78, 5) is 9.29. The number of nitrogens with two attached hydrogens (primary N) is 2. The number of hydrogen-bond donors (Lipinski definition) is 2. The lowest BCUT2D eigenvalue weighted by atomic mass is 10.1. The molecule has 0 fully saturated rings. The third-order valence-corrected chi connectivity index (χ3v) is 12.5. The molecular formula is C28H18F28N5O6P3. The molecule has 0 saturated heterocycles. The highest BCUT2D eigenvalue weighted by atomic mass is 31.2. The number of ether oxygens (including phenoxy) is 2. The predicted molar refractivity (Wildman–Crippen MR) is 177 cm³/mol. The minimum absolute atomic E-state index is 0.0492. The molecular weight excluding hydrogens is 1130 g/mol. The third kappa shape index (κ3) is 11.9. The van der Waals surface area contributed by atoms with E-state index < -0.39 is 166 Å². The molecule has 0 aliphatic carbocycles. The van der Waals surface area contributed by atoms with E-state index in [1.807, 2.05) is 0 Å². The summed E-state index contributed by atoms with van der Waals surface area (Å²) in [7, 11) is -9.91. The second kappa shape index (κ2) is 19.5. The summed E-state index contributed by atoms with van der Waals surface area (Å²) in [5.74, 6) is -60.8. The summed E-state index contributed by atoms with van der Waals surface area (Å²) in [5, 5.41) is 0. The van der Waals surface area contributed by atoms with Gasteiger partial charge in [-0.15, -0.1) is 8.76 Å². The van der Waals surface area contributed by atoms with Gasteiger partial charge in [-0.3, -0.25) is 9.36 Å². The van der Waals surface area contributed by atoms with Crippen LogP contribution in [0.25, 0.3) is 0 Å². The van der Waals surface area contributed by atoms with Gasteiger partial charge in [0.05, 0.1) is 5.69 Å². The molecule has 0 bridgehead atoms. The Labute approximate surface area is 370 Å². The molecule has 0 spiro atoms. The molecule has 0 radical (unpaired) electrons. The van der Waals surface area contributed by atoms with Crippen molar-refractivity contribution >= 4 is 36.0 Å². The number of hydrogen-bond acceptors (Lipinski definition) is 9. The fourth-order valence-corrected chi connectivity index (χ4v) is 9.05. The maximum absolute atomic E-state index is 14.5. The number of alkyl halides is 28. The summed E-state index contributed by atoms with van der Waals surface area (Å²) >= 11 is 0. The van der Waals surface area contributed by atoms with Gasteiger partial charge in [-0.1, -0.05) is 16.4 Å². The van der Waals surface area contributed by atoms with Crippen LogP contribution < -0.4 is 39.7 Å². The van der Waals surface area contributed by atoms with Crippen LogP contribution in [0.1, 0.15) is 0 Å². The van der Waals surface area contributed by atoms with Gasteiger partial charge in [-0.2, -0.15) is 123 Å². The summed E-state index contributed by atoms with van der Waals surface area (Å²) in [6.45, 7) is -13.2. The number of para-hydroxylation sites is 2. The van der Waals surface area contributed by atoms with Crippen molar-refractivity contribution < 1.29 is 151 Å². The monoisotopic (exact) mass is 1150 g/mol. The zero-order valence-corrected chi connectivity index (χ0v) is 34.8. The van der Waals surface area contributed by atoms with Crippen LogP contribution in [0.4, 0.5) is 134 Å². The second-order valence-corrected chi connectivity index (χ2v) is 17.4. The fraction of sp³-hybridized carbons (Fsp3) is 0.571. The summed E-state index contributed by atoms with van der Waals surface area (Å²) in [6.07, 6.45) is -28.5. The van der Waals surface area contributed by atoms with Crippen molar-refractivity contribution in [2.75, 3.05) is 37.9 Å². The van der Waals surface area contributed by atoms with Gasteiger partial charge in [0.25, 0.3) is 0 Å². The lowest BCUT2D eigenvalue weighted by Gasteiger charge is -2.30. The van der Waals surface area contributed by atoms with E-state index in [9.17, 15) is 123 Å². The minimum Gasteiger partial charge on any atom is -0.483 e. The van der Waals surface area contributed by atoms with E-state index in [-0.39, 0.29) is 12.1 Å². The lowest BCUT2D eigenvalue weighted by Crippen LogP contribution is -2.55. The summed E-state index contributed by atoms with van der Waals surface area (Å²) in [5.41, 5.74) is 8.67. The molecule has 3 aromatic rings. The van der Waals surface area contributed by atoms with Gasteiger partial charge in [0.15, 0.2) is 44.7 Å². The van der Waals surface area contributed by atoms with Crippen LogP contribution in [-0.4, -0.2) is 112 Å². The fourth-order valence-electron chi connectivity index (χ4n) is 4.01. The number of aromatic nitrogens is 3. The Morgan fingerprint density at radius 2 is 0.886 bits per heavy atom. The van der Waals surface area contributed by atoms with Gasteiger partial charge in [0.2, 0.25) is 8.08 Å². The van der Waals surface area contributed by atoms with Crippen LogP contribution in [0.15, 0.2) is 36.4 Å². The van der Waals surface area contributed by atoms with Crippen molar-refractivity contribution in [3.05, 3.63) is 36.4 Å². The van der Waals surface area contributed by atoms with Crippen LogP contribution in [0.3, 0.4) is 0 Å². The van der Waals surface area contributed by atoms with Crippen molar-refractivity contribution in [2.45, 2.75) is 72.1 Å². The molecule has 70 heavy (non-hydrogen) atoms. The van der Waals surface area contributed by atoms with Crippen LogP contribution in [0.5, 0.6) is 23.0 Å². The molecule has 3 rings (SSSR count). The SMILES string of the molecule is Nc1ccccc1On1p(Oc2ccc(OCC(F)(F)C(F)(F)C(F)(F)F)c(OCC(F)(F)C(F)(F)C(F)(F)F)c2N)npn(OCC(F)(F)C(F)(F)C(F)(F)F)p1OCC(F)(F)C(F)(F)C(F)(F)F. The van der Waals surface area contributed by atoms with Crippen LogP contribution >= 0.6 is 24.7 Å². The largest absolute Gasteiger partial charge is 0.483 e. The molecule has 2 atom stereocenters. The molecule has 0 saturated carbocycles. The molecule has 0 aliphatic rings. The normalized spacial score (nSPS) is 15.1. The van der Waals surface area contributed by atoms with Gasteiger partial charge in [0.1, 0.15) is 18.9 Å². The lowest BCUT2D eigenvalue weighted by molar-refractivity contribution is -0.360. The third-order valence-electron chi connectivity index (χ3n) is 7.82. The van der Waals surface area contributed by atoms with Crippen LogP contribution in [0, 0.1) is 0 Å². The van der Waals surface area contributed by atoms with E-state index in [0.29, 0.717) is 6.07 Å². The topological polar surface area (TPSA) is 130 Å². The highest BCUT2D eigenvalue weighted by molar-refractivity contribution is 7.56. The Kier molecular flexibility index (Phi) is 16.7. The van der Waals surface area contributed by atoms with Crippen LogP contribution in [-0.2, 0) is 0 Å². The molecule has 1 heterocycles. The number of nitrogens with zero attached hydrogens (tertiary/aromatic N) is 3. The van der Waals surface area contributed by atoms with E-state index in [2.05, 4.69) is 23.3 Å². The summed E-state index contributed by atoms with van der Waals surface area (Å²) in [6, 6.07) is 3.37. The number of anilines is 2.